The fourth-order valence-corrected chi connectivity index (χ4v) is 2.86. The third-order valence-corrected chi connectivity index (χ3v) is 4.41. The van der Waals surface area contributed by atoms with Crippen LogP contribution >= 0.6 is 39.3 Å². The van der Waals surface area contributed by atoms with Crippen LogP contribution in [-0.4, -0.2) is 11.1 Å². The Hall–Kier alpha value is -0.970. The van der Waals surface area contributed by atoms with Crippen molar-refractivity contribution in [2.45, 2.75) is 10.6 Å². The Labute approximate surface area is 128 Å². The van der Waals surface area contributed by atoms with Gasteiger partial charge in [-0.1, -0.05) is 39.7 Å². The van der Waals surface area contributed by atoms with Crippen molar-refractivity contribution in [1.29, 1.82) is 0 Å². The van der Waals surface area contributed by atoms with Crippen molar-refractivity contribution in [2.75, 3.05) is 0 Å². The van der Waals surface area contributed by atoms with Crippen LogP contribution in [0.5, 0.6) is 0 Å². The molecule has 0 fully saturated rings. The van der Waals surface area contributed by atoms with Crippen LogP contribution in [0.3, 0.4) is 0 Å². The van der Waals surface area contributed by atoms with E-state index in [1.807, 2.05) is 30.3 Å². The molecular weight excluding hydrogens is 348 g/mol. The quantitative estimate of drug-likeness (QED) is 0.774. The highest BCUT2D eigenvalue weighted by Gasteiger charge is 2.09. The number of carboxylic acids is 1. The highest BCUT2D eigenvalue weighted by molar-refractivity contribution is 9.10. The van der Waals surface area contributed by atoms with Crippen molar-refractivity contribution in [3.8, 4) is 0 Å². The predicted molar refractivity (Wildman–Crippen MR) is 82.1 cm³/mol. The van der Waals surface area contributed by atoms with Crippen LogP contribution in [0.4, 0.5) is 0 Å². The van der Waals surface area contributed by atoms with E-state index in [4.69, 9.17) is 16.7 Å². The predicted octanol–water partition coefficient (Wildman–Crippen LogP) is 5.09. The summed E-state index contributed by atoms with van der Waals surface area (Å²) in [6.07, 6.45) is 0. The molecule has 0 atom stereocenters. The number of carboxylic acid groups (broad SMARTS) is 1. The highest BCUT2D eigenvalue weighted by atomic mass is 79.9. The zero-order valence-corrected chi connectivity index (χ0v) is 12.9. The lowest BCUT2D eigenvalue weighted by Crippen LogP contribution is -1.97. The van der Waals surface area contributed by atoms with Gasteiger partial charge in [0.1, 0.15) is 0 Å². The van der Waals surface area contributed by atoms with Crippen molar-refractivity contribution in [3.63, 3.8) is 0 Å². The van der Waals surface area contributed by atoms with Gasteiger partial charge in [-0.3, -0.25) is 0 Å². The summed E-state index contributed by atoms with van der Waals surface area (Å²) >= 11 is 10.8. The Morgan fingerprint density at radius 3 is 2.53 bits per heavy atom. The van der Waals surface area contributed by atoms with Gasteiger partial charge in [-0.05, 0) is 35.9 Å². The first-order valence-corrected chi connectivity index (χ1v) is 7.62. The van der Waals surface area contributed by atoms with Crippen molar-refractivity contribution in [2.24, 2.45) is 0 Å². The summed E-state index contributed by atoms with van der Waals surface area (Å²) in [6.45, 7) is 0. The molecule has 0 unspecified atom stereocenters. The van der Waals surface area contributed by atoms with Crippen LogP contribution in [0.15, 0.2) is 51.8 Å². The van der Waals surface area contributed by atoms with E-state index in [1.165, 1.54) is 5.56 Å². The molecule has 2 nitrogen and oxygen atoms in total. The van der Waals surface area contributed by atoms with E-state index in [-0.39, 0.29) is 10.6 Å². The first-order chi connectivity index (χ1) is 9.06. The van der Waals surface area contributed by atoms with Gasteiger partial charge in [0.05, 0.1) is 10.6 Å². The van der Waals surface area contributed by atoms with E-state index < -0.39 is 5.97 Å². The summed E-state index contributed by atoms with van der Waals surface area (Å²) in [6, 6.07) is 13.1. The minimum absolute atomic E-state index is 0.141. The molecule has 0 aliphatic heterocycles. The zero-order chi connectivity index (χ0) is 13.8. The number of rotatable bonds is 4. The molecule has 0 aromatic heterocycles. The molecule has 19 heavy (non-hydrogen) atoms. The molecule has 2 aromatic carbocycles. The van der Waals surface area contributed by atoms with Gasteiger partial charge in [0, 0.05) is 15.1 Å². The molecule has 0 spiro atoms. The standard InChI is InChI=1S/C14H10BrClO2S/c15-10-3-1-9(2-4-10)8-19-11-5-6-13(16)12(7-11)14(17)18/h1-7H,8H2,(H,17,18). The normalized spacial score (nSPS) is 10.4. The maximum atomic E-state index is 11.0. The first-order valence-electron chi connectivity index (χ1n) is 5.46. The van der Waals surface area contributed by atoms with E-state index >= 15 is 0 Å². The molecule has 5 heteroatoms. The Bertz CT molecular complexity index is 599. The van der Waals surface area contributed by atoms with Gasteiger partial charge in [0.2, 0.25) is 0 Å². The average molecular weight is 358 g/mol. The lowest BCUT2D eigenvalue weighted by molar-refractivity contribution is 0.0697. The van der Waals surface area contributed by atoms with E-state index in [9.17, 15) is 4.79 Å². The van der Waals surface area contributed by atoms with E-state index in [0.29, 0.717) is 0 Å². The molecule has 0 bridgehead atoms. The molecule has 0 radical (unpaired) electrons. The Balaban J connectivity index is 2.09. The van der Waals surface area contributed by atoms with Crippen molar-refractivity contribution < 1.29 is 9.90 Å². The lowest BCUT2D eigenvalue weighted by atomic mass is 10.2. The van der Waals surface area contributed by atoms with E-state index in [0.717, 1.165) is 15.1 Å². The SMILES string of the molecule is O=C(O)c1cc(SCc2ccc(Br)cc2)ccc1Cl. The molecule has 0 aliphatic carbocycles. The van der Waals surface area contributed by atoms with Crippen LogP contribution in [0.25, 0.3) is 0 Å². The maximum absolute atomic E-state index is 11.0. The summed E-state index contributed by atoms with van der Waals surface area (Å²) < 4.78 is 1.04. The summed E-state index contributed by atoms with van der Waals surface area (Å²) in [5.74, 6) is -0.218. The van der Waals surface area contributed by atoms with Gasteiger partial charge in [0.15, 0.2) is 0 Å². The third kappa shape index (κ3) is 4.00. The van der Waals surface area contributed by atoms with Crippen LogP contribution in [-0.2, 0) is 5.75 Å². The number of aromatic carboxylic acids is 1. The molecule has 98 valence electrons. The molecule has 0 aliphatic rings. The number of halogens is 2. The second-order valence-electron chi connectivity index (χ2n) is 3.86. The van der Waals surface area contributed by atoms with Gasteiger partial charge in [-0.25, -0.2) is 4.79 Å². The molecule has 2 rings (SSSR count). The molecular formula is C14H10BrClO2S. The Kier molecular flexibility index (Phi) is 4.91. The summed E-state index contributed by atoms with van der Waals surface area (Å²) in [5.41, 5.74) is 1.32. The lowest BCUT2D eigenvalue weighted by Gasteiger charge is -2.05. The first kappa shape index (κ1) is 14.4. The molecule has 0 heterocycles. The van der Waals surface area contributed by atoms with Gasteiger partial charge in [-0.2, -0.15) is 0 Å². The highest BCUT2D eigenvalue weighted by Crippen LogP contribution is 2.27. The molecule has 0 saturated carbocycles. The number of thioether (sulfide) groups is 1. The number of carbonyl (C=O) groups is 1. The van der Waals surface area contributed by atoms with Crippen LogP contribution in [0.2, 0.25) is 5.02 Å². The van der Waals surface area contributed by atoms with Crippen molar-refractivity contribution in [3.05, 3.63) is 63.1 Å². The van der Waals surface area contributed by atoms with Crippen LogP contribution < -0.4 is 0 Å². The summed E-state index contributed by atoms with van der Waals surface area (Å²) in [5, 5.41) is 9.27. The maximum Gasteiger partial charge on any atom is 0.337 e. The molecule has 0 saturated heterocycles. The largest absolute Gasteiger partial charge is 0.478 e. The van der Waals surface area contributed by atoms with Crippen molar-refractivity contribution >= 4 is 45.3 Å². The number of benzene rings is 2. The minimum Gasteiger partial charge on any atom is -0.478 e. The second kappa shape index (κ2) is 6.46. The minimum atomic E-state index is -1.00. The van der Waals surface area contributed by atoms with Gasteiger partial charge >= 0.3 is 5.97 Å². The van der Waals surface area contributed by atoms with Crippen molar-refractivity contribution in [1.82, 2.24) is 0 Å². The second-order valence-corrected chi connectivity index (χ2v) is 6.23. The third-order valence-electron chi connectivity index (χ3n) is 2.49. The van der Waals surface area contributed by atoms with E-state index in [2.05, 4.69) is 15.9 Å². The monoisotopic (exact) mass is 356 g/mol. The average Bonchev–Trinajstić information content (AvgIpc) is 2.39. The summed E-state index contributed by atoms with van der Waals surface area (Å²) in [7, 11) is 0. The Morgan fingerprint density at radius 1 is 1.21 bits per heavy atom. The van der Waals surface area contributed by atoms with Crippen LogP contribution in [0, 0.1) is 0 Å². The van der Waals surface area contributed by atoms with E-state index in [1.54, 1.807) is 23.9 Å². The van der Waals surface area contributed by atoms with Gasteiger partial charge in [0.25, 0.3) is 0 Å². The number of hydrogen-bond donors (Lipinski definition) is 1. The summed E-state index contributed by atoms with van der Waals surface area (Å²) in [4.78, 5) is 11.9. The fourth-order valence-electron chi connectivity index (χ4n) is 1.51. The fraction of sp³-hybridized carbons (Fsp3) is 0.0714. The van der Waals surface area contributed by atoms with Gasteiger partial charge in [-0.15, -0.1) is 11.8 Å². The topological polar surface area (TPSA) is 37.3 Å². The smallest absolute Gasteiger partial charge is 0.337 e. The van der Waals surface area contributed by atoms with Gasteiger partial charge < -0.3 is 5.11 Å². The molecule has 0 amide bonds. The number of hydrogen-bond acceptors (Lipinski definition) is 2. The molecule has 1 N–H and O–H groups in total. The van der Waals surface area contributed by atoms with Crippen LogP contribution in [0.1, 0.15) is 15.9 Å². The molecule has 2 aromatic rings. The Morgan fingerprint density at radius 2 is 1.89 bits per heavy atom. The zero-order valence-electron chi connectivity index (χ0n) is 9.77.